The van der Waals surface area contributed by atoms with Crippen molar-refractivity contribution in [2.75, 3.05) is 5.32 Å². The Morgan fingerprint density at radius 3 is 2.89 bits per heavy atom. The van der Waals surface area contributed by atoms with Gasteiger partial charge in [0.2, 0.25) is 5.91 Å². The quantitative estimate of drug-likeness (QED) is 0.860. The van der Waals surface area contributed by atoms with Crippen LogP contribution >= 0.6 is 0 Å². The van der Waals surface area contributed by atoms with Crippen molar-refractivity contribution in [3.63, 3.8) is 0 Å². The number of carbonyl (C=O) groups is 1. The van der Waals surface area contributed by atoms with Gasteiger partial charge in [-0.2, -0.15) is 0 Å². The summed E-state index contributed by atoms with van der Waals surface area (Å²) in [4.78, 5) is 16.1. The number of carbonyl (C=O) groups excluding carboxylic acids is 1. The summed E-state index contributed by atoms with van der Waals surface area (Å²) in [5.74, 6) is 0.966. The van der Waals surface area contributed by atoms with Crippen molar-refractivity contribution in [3.05, 3.63) is 23.9 Å². The Morgan fingerprint density at radius 2 is 2.22 bits per heavy atom. The summed E-state index contributed by atoms with van der Waals surface area (Å²) >= 11 is 0. The molecule has 1 fully saturated rings. The minimum atomic E-state index is 0.0219. The minimum Gasteiger partial charge on any atom is -0.327 e. The Kier molecular flexibility index (Phi) is 4.31. The fraction of sp³-hybridized carbons (Fsp3) is 0.571. The van der Waals surface area contributed by atoms with E-state index >= 15 is 0 Å². The van der Waals surface area contributed by atoms with Crippen molar-refractivity contribution in [2.24, 2.45) is 11.7 Å². The van der Waals surface area contributed by atoms with Gasteiger partial charge in [0.15, 0.2) is 0 Å². The summed E-state index contributed by atoms with van der Waals surface area (Å²) in [7, 11) is 0. The van der Waals surface area contributed by atoms with Gasteiger partial charge in [0.05, 0.1) is 0 Å². The maximum atomic E-state index is 11.9. The van der Waals surface area contributed by atoms with Crippen LogP contribution in [0.5, 0.6) is 0 Å². The third kappa shape index (κ3) is 3.53. The summed E-state index contributed by atoms with van der Waals surface area (Å²) in [5, 5.41) is 2.83. The molecule has 18 heavy (non-hydrogen) atoms. The molecule has 1 amide bonds. The summed E-state index contributed by atoms with van der Waals surface area (Å²) in [6.07, 6.45) is 6.75. The Hall–Kier alpha value is -1.42. The predicted molar refractivity (Wildman–Crippen MR) is 72.2 cm³/mol. The molecule has 4 heteroatoms. The van der Waals surface area contributed by atoms with Crippen molar-refractivity contribution in [3.8, 4) is 0 Å². The molecule has 0 bridgehead atoms. The summed E-state index contributed by atoms with van der Waals surface area (Å²) in [6.45, 7) is 1.97. The third-order valence-electron chi connectivity index (χ3n) is 3.59. The molecule has 0 spiro atoms. The average Bonchev–Trinajstić information content (AvgIpc) is 2.35. The Labute approximate surface area is 108 Å². The zero-order valence-corrected chi connectivity index (χ0v) is 10.9. The second-order valence-electron chi connectivity index (χ2n) is 5.18. The fourth-order valence-electron chi connectivity index (χ4n) is 2.46. The number of hydrogen-bond acceptors (Lipinski definition) is 3. The Balaban J connectivity index is 1.86. The lowest BCUT2D eigenvalue weighted by molar-refractivity contribution is -0.117. The van der Waals surface area contributed by atoms with E-state index in [0.717, 1.165) is 18.4 Å². The number of aryl methyl sites for hydroxylation is 1. The van der Waals surface area contributed by atoms with Crippen LogP contribution in [-0.2, 0) is 4.79 Å². The highest BCUT2D eigenvalue weighted by Gasteiger charge is 2.24. The number of anilines is 1. The number of pyridine rings is 1. The number of nitrogens with two attached hydrogens (primary N) is 1. The van der Waals surface area contributed by atoms with E-state index in [1.807, 2.05) is 19.1 Å². The largest absolute Gasteiger partial charge is 0.327 e. The third-order valence-corrected chi connectivity index (χ3v) is 3.59. The van der Waals surface area contributed by atoms with Crippen molar-refractivity contribution in [1.82, 2.24) is 4.98 Å². The molecule has 2 rings (SSSR count). The van der Waals surface area contributed by atoms with Gasteiger partial charge >= 0.3 is 0 Å². The van der Waals surface area contributed by atoms with E-state index in [4.69, 9.17) is 5.73 Å². The molecule has 1 aliphatic carbocycles. The van der Waals surface area contributed by atoms with Crippen molar-refractivity contribution in [2.45, 2.75) is 45.1 Å². The molecule has 2 unspecified atom stereocenters. The first-order chi connectivity index (χ1) is 8.65. The first-order valence-electron chi connectivity index (χ1n) is 6.63. The summed E-state index contributed by atoms with van der Waals surface area (Å²) in [6, 6.07) is 3.94. The molecule has 1 aliphatic rings. The number of aromatic nitrogens is 1. The SMILES string of the molecule is Cc1ccc(NC(=O)CC2CCCCC2N)nc1. The predicted octanol–water partition coefficient (Wildman–Crippen LogP) is 2.24. The van der Waals surface area contributed by atoms with Crippen molar-refractivity contribution >= 4 is 11.7 Å². The zero-order chi connectivity index (χ0) is 13.0. The van der Waals surface area contributed by atoms with Crippen LogP contribution in [0.1, 0.15) is 37.7 Å². The minimum absolute atomic E-state index is 0.0219. The Bertz CT molecular complexity index is 402. The van der Waals surface area contributed by atoms with E-state index in [0.29, 0.717) is 18.2 Å². The van der Waals surface area contributed by atoms with Crippen LogP contribution in [0.3, 0.4) is 0 Å². The number of rotatable bonds is 3. The number of nitrogens with one attached hydrogen (secondary N) is 1. The van der Waals surface area contributed by atoms with Gasteiger partial charge in [0, 0.05) is 18.7 Å². The monoisotopic (exact) mass is 247 g/mol. The second-order valence-corrected chi connectivity index (χ2v) is 5.18. The number of amides is 1. The van der Waals surface area contributed by atoms with Gasteiger partial charge in [-0.05, 0) is 37.3 Å². The maximum absolute atomic E-state index is 11.9. The molecule has 3 N–H and O–H groups in total. The van der Waals surface area contributed by atoms with Gasteiger partial charge in [0.1, 0.15) is 5.82 Å². The molecular formula is C14H21N3O. The molecule has 2 atom stereocenters. The van der Waals surface area contributed by atoms with Crippen LogP contribution in [0.15, 0.2) is 18.3 Å². The van der Waals surface area contributed by atoms with Gasteiger partial charge in [-0.15, -0.1) is 0 Å². The number of nitrogens with zero attached hydrogens (tertiary/aromatic N) is 1. The van der Waals surface area contributed by atoms with Crippen LogP contribution in [0, 0.1) is 12.8 Å². The van der Waals surface area contributed by atoms with Crippen LogP contribution in [0.25, 0.3) is 0 Å². The highest BCUT2D eigenvalue weighted by Crippen LogP contribution is 2.25. The molecule has 0 aromatic carbocycles. The van der Waals surface area contributed by atoms with E-state index in [1.165, 1.54) is 12.8 Å². The van der Waals surface area contributed by atoms with E-state index in [2.05, 4.69) is 10.3 Å². The normalized spacial score (nSPS) is 23.7. The van der Waals surface area contributed by atoms with E-state index in [1.54, 1.807) is 6.20 Å². The lowest BCUT2D eigenvalue weighted by Crippen LogP contribution is -2.35. The van der Waals surface area contributed by atoms with E-state index < -0.39 is 0 Å². The molecule has 0 saturated heterocycles. The Morgan fingerprint density at radius 1 is 1.44 bits per heavy atom. The summed E-state index contributed by atoms with van der Waals surface area (Å²) in [5.41, 5.74) is 7.13. The van der Waals surface area contributed by atoms with Gasteiger partial charge in [-0.3, -0.25) is 4.79 Å². The van der Waals surface area contributed by atoms with E-state index in [-0.39, 0.29) is 11.9 Å². The lowest BCUT2D eigenvalue weighted by Gasteiger charge is -2.27. The molecule has 1 heterocycles. The zero-order valence-electron chi connectivity index (χ0n) is 10.9. The van der Waals surface area contributed by atoms with Gasteiger partial charge in [-0.1, -0.05) is 18.9 Å². The fourth-order valence-corrected chi connectivity index (χ4v) is 2.46. The van der Waals surface area contributed by atoms with Gasteiger partial charge in [0.25, 0.3) is 0 Å². The average molecular weight is 247 g/mol. The maximum Gasteiger partial charge on any atom is 0.225 e. The first kappa shape index (κ1) is 13.0. The molecule has 4 nitrogen and oxygen atoms in total. The molecule has 1 saturated carbocycles. The molecule has 98 valence electrons. The smallest absolute Gasteiger partial charge is 0.225 e. The molecule has 1 aromatic rings. The van der Waals surface area contributed by atoms with Gasteiger partial charge < -0.3 is 11.1 Å². The molecular weight excluding hydrogens is 226 g/mol. The molecule has 1 aromatic heterocycles. The van der Waals surface area contributed by atoms with Crippen molar-refractivity contribution in [1.29, 1.82) is 0 Å². The lowest BCUT2D eigenvalue weighted by atomic mass is 9.83. The topological polar surface area (TPSA) is 68.0 Å². The van der Waals surface area contributed by atoms with Crippen LogP contribution in [0.2, 0.25) is 0 Å². The van der Waals surface area contributed by atoms with Crippen LogP contribution in [0.4, 0.5) is 5.82 Å². The summed E-state index contributed by atoms with van der Waals surface area (Å²) < 4.78 is 0. The van der Waals surface area contributed by atoms with Gasteiger partial charge in [-0.25, -0.2) is 4.98 Å². The van der Waals surface area contributed by atoms with E-state index in [9.17, 15) is 4.79 Å². The van der Waals surface area contributed by atoms with Crippen LogP contribution < -0.4 is 11.1 Å². The highest BCUT2D eigenvalue weighted by atomic mass is 16.1. The van der Waals surface area contributed by atoms with Crippen molar-refractivity contribution < 1.29 is 4.79 Å². The van der Waals surface area contributed by atoms with Crippen LogP contribution in [-0.4, -0.2) is 16.9 Å². The standard InChI is InChI=1S/C14H21N3O/c1-10-6-7-13(16-9-10)17-14(18)8-11-4-2-3-5-12(11)15/h6-7,9,11-12H,2-5,8,15H2,1H3,(H,16,17,18). The number of hydrogen-bond donors (Lipinski definition) is 2. The highest BCUT2D eigenvalue weighted by molar-refractivity contribution is 5.89. The first-order valence-corrected chi connectivity index (χ1v) is 6.63. The molecule has 0 aliphatic heterocycles. The second kappa shape index (κ2) is 5.96. The molecule has 0 radical (unpaired) electrons.